The average Bonchev–Trinajstić information content (AvgIpc) is 3.22. The predicted molar refractivity (Wildman–Crippen MR) is 238 cm³/mol. The van der Waals surface area contributed by atoms with Crippen LogP contribution in [0.3, 0.4) is 0 Å². The van der Waals surface area contributed by atoms with Gasteiger partial charge in [0.2, 0.25) is 5.91 Å². The van der Waals surface area contributed by atoms with Crippen molar-refractivity contribution in [3.05, 3.63) is 24.3 Å². The quantitative estimate of drug-likeness (QED) is 0.0176. The van der Waals surface area contributed by atoms with E-state index in [2.05, 4.69) is 35.5 Å². The maximum absolute atomic E-state index is 13.1. The number of aliphatic hydroxyl groups excluding tert-OH is 5. The molecule has 1 heterocycles. The van der Waals surface area contributed by atoms with Gasteiger partial charge in [0.05, 0.1) is 25.4 Å². The van der Waals surface area contributed by atoms with Crippen LogP contribution in [0.5, 0.6) is 0 Å². The Bertz CT molecular complexity index is 1190. The monoisotopic (exact) mass is 878 g/mol. The standard InChI is InChI=1S/C46H87NO12S/c1-3-5-7-9-11-13-15-16-17-18-19-20-21-22-23-24-25-27-29-31-33-35-40(50)45(53)47-38(39(49)34-32-30-28-26-14-12-10-8-6-4-2)37-57-46-43(52)44(59-60(54,55)56)42(51)41(36-48)58-46/h21-22,32,34,38-44,46,48-52H,3-20,23-31,33,35-37H2,1-2H3,(H,47,53)(H,54,55,56)/b22-21-,34-32+. The largest absolute Gasteiger partial charge is 0.397 e. The number of carbonyl (C=O) groups excluding carboxylic acids is 1. The van der Waals surface area contributed by atoms with E-state index in [-0.39, 0.29) is 6.42 Å². The van der Waals surface area contributed by atoms with Crippen molar-refractivity contribution in [3.63, 3.8) is 0 Å². The van der Waals surface area contributed by atoms with E-state index in [9.17, 15) is 38.7 Å². The van der Waals surface area contributed by atoms with Crippen LogP contribution < -0.4 is 5.32 Å². The molecule has 0 radical (unpaired) electrons. The number of nitrogens with one attached hydrogen (secondary N) is 1. The van der Waals surface area contributed by atoms with E-state index < -0.39 is 78.5 Å². The molecule has 0 aromatic rings. The summed E-state index contributed by atoms with van der Waals surface area (Å²) in [7, 11) is -5.12. The van der Waals surface area contributed by atoms with Crippen LogP contribution in [-0.4, -0.2) is 107 Å². The molecule has 0 aromatic carbocycles. The molecule has 60 heavy (non-hydrogen) atoms. The maximum atomic E-state index is 13.1. The third-order valence-corrected chi connectivity index (χ3v) is 11.8. The molecular formula is C46H87NO12S. The van der Waals surface area contributed by atoms with Gasteiger partial charge in [-0.1, -0.05) is 179 Å². The molecule has 1 amide bonds. The molecule has 354 valence electrons. The molecule has 1 rings (SSSR count). The second kappa shape index (κ2) is 37.0. The van der Waals surface area contributed by atoms with Crippen molar-refractivity contribution in [1.29, 1.82) is 0 Å². The summed E-state index contributed by atoms with van der Waals surface area (Å²) in [6, 6.07) is -1.12. The molecule has 13 nitrogen and oxygen atoms in total. The molecule has 1 saturated heterocycles. The van der Waals surface area contributed by atoms with E-state index in [1.54, 1.807) is 0 Å². The number of carbonyl (C=O) groups is 1. The van der Waals surface area contributed by atoms with E-state index in [1.807, 2.05) is 6.08 Å². The highest BCUT2D eigenvalue weighted by molar-refractivity contribution is 7.80. The fraction of sp³-hybridized carbons (Fsp3) is 0.891. The van der Waals surface area contributed by atoms with Gasteiger partial charge in [0.15, 0.2) is 6.29 Å². The number of amides is 1. The second-order valence-electron chi connectivity index (χ2n) is 16.8. The lowest BCUT2D eigenvalue weighted by Crippen LogP contribution is -2.61. The van der Waals surface area contributed by atoms with Gasteiger partial charge in [-0.05, 0) is 44.9 Å². The summed E-state index contributed by atoms with van der Waals surface area (Å²) in [6.07, 6.45) is 29.9. The summed E-state index contributed by atoms with van der Waals surface area (Å²) >= 11 is 0. The third kappa shape index (κ3) is 29.0. The fourth-order valence-electron chi connectivity index (χ4n) is 7.51. The van der Waals surface area contributed by atoms with Gasteiger partial charge in [-0.2, -0.15) is 8.42 Å². The minimum atomic E-state index is -5.12. The number of allylic oxidation sites excluding steroid dienone is 3. The Balaban J connectivity index is 2.48. The molecule has 7 N–H and O–H groups in total. The third-order valence-electron chi connectivity index (χ3n) is 11.3. The molecule has 1 aliphatic rings. The van der Waals surface area contributed by atoms with Crippen molar-refractivity contribution in [2.75, 3.05) is 13.2 Å². The van der Waals surface area contributed by atoms with Gasteiger partial charge in [0.1, 0.15) is 30.5 Å². The van der Waals surface area contributed by atoms with Crippen LogP contribution in [0.4, 0.5) is 0 Å². The van der Waals surface area contributed by atoms with Gasteiger partial charge >= 0.3 is 10.4 Å². The predicted octanol–water partition coefficient (Wildman–Crippen LogP) is 8.30. The van der Waals surface area contributed by atoms with Crippen LogP contribution in [0.1, 0.15) is 200 Å². The van der Waals surface area contributed by atoms with Crippen LogP contribution >= 0.6 is 0 Å². The first kappa shape index (κ1) is 56.6. The Morgan fingerprint density at radius 1 is 0.667 bits per heavy atom. The van der Waals surface area contributed by atoms with Crippen LogP contribution in [0, 0.1) is 0 Å². The molecule has 0 spiro atoms. The van der Waals surface area contributed by atoms with E-state index >= 15 is 0 Å². The molecule has 8 atom stereocenters. The summed E-state index contributed by atoms with van der Waals surface area (Å²) in [4.78, 5) is 13.1. The zero-order valence-electron chi connectivity index (χ0n) is 37.4. The van der Waals surface area contributed by atoms with E-state index in [0.29, 0.717) is 12.8 Å². The van der Waals surface area contributed by atoms with Gasteiger partial charge in [-0.15, -0.1) is 0 Å². The summed E-state index contributed by atoms with van der Waals surface area (Å²) in [5.41, 5.74) is 0. The summed E-state index contributed by atoms with van der Waals surface area (Å²) in [6.45, 7) is 3.19. The first-order chi connectivity index (χ1) is 28.9. The number of aliphatic hydroxyl groups is 5. The van der Waals surface area contributed by atoms with Gasteiger partial charge in [-0.25, -0.2) is 4.18 Å². The van der Waals surface area contributed by atoms with Gasteiger partial charge < -0.3 is 40.3 Å². The van der Waals surface area contributed by atoms with Crippen LogP contribution in [-0.2, 0) is 28.9 Å². The van der Waals surface area contributed by atoms with Crippen molar-refractivity contribution in [3.8, 4) is 0 Å². The molecule has 0 saturated carbocycles. The van der Waals surface area contributed by atoms with Crippen molar-refractivity contribution in [1.82, 2.24) is 5.32 Å². The molecule has 0 bridgehead atoms. The molecule has 8 unspecified atom stereocenters. The molecule has 0 aromatic heterocycles. The lowest BCUT2D eigenvalue weighted by molar-refractivity contribution is -0.298. The summed E-state index contributed by atoms with van der Waals surface area (Å²) < 4.78 is 47.4. The average molecular weight is 878 g/mol. The molecule has 0 aliphatic carbocycles. The smallest absolute Gasteiger partial charge is 0.394 e. The van der Waals surface area contributed by atoms with Crippen molar-refractivity contribution in [2.45, 2.75) is 249 Å². The molecule has 1 aliphatic heterocycles. The van der Waals surface area contributed by atoms with Crippen LogP contribution in [0.25, 0.3) is 0 Å². The SMILES string of the molecule is CCCCCCCCCC/C=C/C(O)C(COC1OC(CO)C(O)C(OS(=O)(=O)O)C1O)NC(=O)C(O)CCCCCCCC/C=C\CCCCCCCCCCCCC. The number of hydrogen-bond acceptors (Lipinski definition) is 11. The van der Waals surface area contributed by atoms with E-state index in [0.717, 1.165) is 57.8 Å². The maximum Gasteiger partial charge on any atom is 0.397 e. The Hall–Kier alpha value is -1.46. The van der Waals surface area contributed by atoms with Crippen LogP contribution in [0.15, 0.2) is 24.3 Å². The van der Waals surface area contributed by atoms with Gasteiger partial charge in [0.25, 0.3) is 0 Å². The Labute approximate surface area is 364 Å². The lowest BCUT2D eigenvalue weighted by atomic mass is 9.99. The number of rotatable bonds is 40. The lowest BCUT2D eigenvalue weighted by Gasteiger charge is -2.41. The zero-order chi connectivity index (χ0) is 44.3. The first-order valence-corrected chi connectivity index (χ1v) is 25.2. The molecule has 14 heteroatoms. The first-order valence-electron chi connectivity index (χ1n) is 23.8. The van der Waals surface area contributed by atoms with Crippen LogP contribution in [0.2, 0.25) is 0 Å². The van der Waals surface area contributed by atoms with Gasteiger partial charge in [-0.3, -0.25) is 9.35 Å². The minimum Gasteiger partial charge on any atom is -0.394 e. The molecule has 1 fully saturated rings. The van der Waals surface area contributed by atoms with Crippen molar-refractivity contribution >= 4 is 16.3 Å². The highest BCUT2D eigenvalue weighted by Gasteiger charge is 2.48. The summed E-state index contributed by atoms with van der Waals surface area (Å²) in [5.74, 6) is -0.708. The number of ether oxygens (including phenoxy) is 2. The Morgan fingerprint density at radius 3 is 1.55 bits per heavy atom. The van der Waals surface area contributed by atoms with Crippen molar-refractivity contribution in [2.24, 2.45) is 0 Å². The highest BCUT2D eigenvalue weighted by Crippen LogP contribution is 2.26. The summed E-state index contributed by atoms with van der Waals surface area (Å²) in [5, 5.41) is 55.1. The highest BCUT2D eigenvalue weighted by atomic mass is 32.3. The minimum absolute atomic E-state index is 0.237. The second-order valence-corrected chi connectivity index (χ2v) is 17.9. The van der Waals surface area contributed by atoms with Gasteiger partial charge in [0, 0.05) is 0 Å². The number of unbranched alkanes of at least 4 members (excludes halogenated alkanes) is 25. The Kier molecular flexibility index (Phi) is 34.8. The zero-order valence-corrected chi connectivity index (χ0v) is 38.2. The van der Waals surface area contributed by atoms with E-state index in [1.165, 1.54) is 115 Å². The number of hydrogen-bond donors (Lipinski definition) is 7. The van der Waals surface area contributed by atoms with E-state index in [4.69, 9.17) is 14.0 Å². The Morgan fingerprint density at radius 2 is 1.10 bits per heavy atom. The van der Waals surface area contributed by atoms with Crippen molar-refractivity contribution < 1.29 is 57.0 Å². The molecular weight excluding hydrogens is 791 g/mol. The fourth-order valence-corrected chi connectivity index (χ4v) is 8.02. The topological polar surface area (TPSA) is 212 Å². The normalized spacial score (nSPS) is 21.5.